The molecule has 1 aromatic heterocycles. The van der Waals surface area contributed by atoms with Gasteiger partial charge in [0, 0.05) is 13.5 Å². The number of hydrogen-bond acceptors (Lipinski definition) is 3. The molecule has 84 valence electrons. The second-order valence-electron chi connectivity index (χ2n) is 3.58. The van der Waals surface area contributed by atoms with Gasteiger partial charge in [-0.1, -0.05) is 6.92 Å². The predicted molar refractivity (Wildman–Crippen MR) is 54.5 cm³/mol. The molecule has 4 heteroatoms. The summed E-state index contributed by atoms with van der Waals surface area (Å²) in [4.78, 5) is 10.6. The number of furan rings is 1. The van der Waals surface area contributed by atoms with Crippen molar-refractivity contribution in [3.05, 3.63) is 23.7 Å². The minimum atomic E-state index is -0.765. The van der Waals surface area contributed by atoms with E-state index in [1.807, 2.05) is 12.1 Å². The van der Waals surface area contributed by atoms with Crippen LogP contribution in [-0.4, -0.2) is 18.2 Å². The molecule has 0 aliphatic heterocycles. The van der Waals surface area contributed by atoms with Crippen LogP contribution in [0.15, 0.2) is 16.5 Å². The second kappa shape index (κ2) is 5.56. The highest BCUT2D eigenvalue weighted by atomic mass is 16.5. The van der Waals surface area contributed by atoms with Crippen LogP contribution in [0.25, 0.3) is 0 Å². The van der Waals surface area contributed by atoms with E-state index in [9.17, 15) is 4.79 Å². The number of methoxy groups -OCH3 is 1. The first-order chi connectivity index (χ1) is 7.13. The van der Waals surface area contributed by atoms with E-state index in [0.717, 1.165) is 11.5 Å². The molecule has 0 saturated carbocycles. The summed E-state index contributed by atoms with van der Waals surface area (Å²) in [7, 11) is 1.61. The van der Waals surface area contributed by atoms with Crippen molar-refractivity contribution in [2.75, 3.05) is 7.11 Å². The lowest BCUT2D eigenvalue weighted by atomic mass is 10.1. The minimum absolute atomic E-state index is 0.332. The van der Waals surface area contributed by atoms with E-state index in [1.54, 1.807) is 14.0 Å². The molecule has 0 fully saturated rings. The predicted octanol–water partition coefficient (Wildman–Crippen LogP) is 2.08. The Balaban J connectivity index is 2.40. The van der Waals surface area contributed by atoms with Crippen LogP contribution < -0.4 is 0 Å². The van der Waals surface area contributed by atoms with E-state index in [1.165, 1.54) is 0 Å². The zero-order valence-corrected chi connectivity index (χ0v) is 9.03. The molecule has 0 bridgehead atoms. The molecule has 0 aliphatic carbocycles. The molecule has 1 N–H and O–H groups in total. The largest absolute Gasteiger partial charge is 0.481 e. The van der Waals surface area contributed by atoms with Crippen molar-refractivity contribution in [2.24, 2.45) is 5.92 Å². The Morgan fingerprint density at radius 3 is 2.80 bits per heavy atom. The van der Waals surface area contributed by atoms with Gasteiger partial charge in [-0.3, -0.25) is 4.79 Å². The molecule has 1 rings (SSSR count). The Labute approximate surface area is 88.8 Å². The first kappa shape index (κ1) is 11.8. The average molecular weight is 212 g/mol. The van der Waals surface area contributed by atoms with Crippen LogP contribution in [0.4, 0.5) is 0 Å². The van der Waals surface area contributed by atoms with Crippen molar-refractivity contribution >= 4 is 5.97 Å². The minimum Gasteiger partial charge on any atom is -0.481 e. The third-order valence-electron chi connectivity index (χ3n) is 2.25. The number of aliphatic carboxylic acids is 1. The van der Waals surface area contributed by atoms with Gasteiger partial charge < -0.3 is 14.3 Å². The Morgan fingerprint density at radius 2 is 2.20 bits per heavy atom. The summed E-state index contributed by atoms with van der Waals surface area (Å²) in [5.41, 5.74) is 0. The van der Waals surface area contributed by atoms with E-state index >= 15 is 0 Å². The third-order valence-corrected chi connectivity index (χ3v) is 2.25. The summed E-state index contributed by atoms with van der Waals surface area (Å²) in [5.74, 6) is 0.491. The number of carbonyl (C=O) groups is 1. The van der Waals surface area contributed by atoms with E-state index in [-0.39, 0.29) is 5.92 Å². The van der Waals surface area contributed by atoms with Crippen molar-refractivity contribution in [1.82, 2.24) is 0 Å². The third kappa shape index (κ3) is 3.75. The molecule has 0 aromatic carbocycles. The molecule has 1 heterocycles. The van der Waals surface area contributed by atoms with Gasteiger partial charge in [-0.2, -0.15) is 0 Å². The van der Waals surface area contributed by atoms with Crippen molar-refractivity contribution in [3.8, 4) is 0 Å². The highest BCUT2D eigenvalue weighted by Gasteiger charge is 2.11. The van der Waals surface area contributed by atoms with Crippen molar-refractivity contribution in [3.63, 3.8) is 0 Å². The van der Waals surface area contributed by atoms with Gasteiger partial charge in [0.05, 0.1) is 5.92 Å². The summed E-state index contributed by atoms with van der Waals surface area (Å²) in [6.07, 6.45) is 1.24. The van der Waals surface area contributed by atoms with E-state index < -0.39 is 5.97 Å². The Morgan fingerprint density at radius 1 is 1.53 bits per heavy atom. The molecule has 0 amide bonds. The molecule has 0 saturated heterocycles. The fourth-order valence-electron chi connectivity index (χ4n) is 1.26. The molecule has 4 nitrogen and oxygen atoms in total. The van der Waals surface area contributed by atoms with Crippen LogP contribution >= 0.6 is 0 Å². The van der Waals surface area contributed by atoms with Crippen LogP contribution in [-0.2, 0) is 22.6 Å². The molecule has 15 heavy (non-hydrogen) atoms. The number of ether oxygens (including phenoxy) is 1. The first-order valence-electron chi connectivity index (χ1n) is 4.92. The summed E-state index contributed by atoms with van der Waals surface area (Å²) in [5, 5.41) is 8.70. The van der Waals surface area contributed by atoms with Crippen LogP contribution in [0, 0.1) is 5.92 Å². The van der Waals surface area contributed by atoms with E-state index in [2.05, 4.69) is 0 Å². The average Bonchev–Trinajstić information content (AvgIpc) is 2.62. The zero-order valence-electron chi connectivity index (χ0n) is 9.03. The van der Waals surface area contributed by atoms with Gasteiger partial charge in [0.25, 0.3) is 0 Å². The fraction of sp³-hybridized carbons (Fsp3) is 0.545. The maximum absolute atomic E-state index is 10.6. The van der Waals surface area contributed by atoms with Gasteiger partial charge in [-0.25, -0.2) is 0 Å². The lowest BCUT2D eigenvalue weighted by molar-refractivity contribution is -0.141. The SMILES string of the molecule is COCc1ccc(CCC(C)C(=O)O)o1. The van der Waals surface area contributed by atoms with Gasteiger partial charge in [-0.05, 0) is 18.6 Å². The van der Waals surface area contributed by atoms with Crippen molar-refractivity contribution in [2.45, 2.75) is 26.4 Å². The van der Waals surface area contributed by atoms with E-state index in [0.29, 0.717) is 19.4 Å². The van der Waals surface area contributed by atoms with Crippen LogP contribution in [0.1, 0.15) is 24.9 Å². The van der Waals surface area contributed by atoms with Gasteiger partial charge in [0.15, 0.2) is 0 Å². The maximum atomic E-state index is 10.6. The van der Waals surface area contributed by atoms with Crippen LogP contribution in [0.3, 0.4) is 0 Å². The summed E-state index contributed by atoms with van der Waals surface area (Å²) >= 11 is 0. The Bertz CT molecular complexity index is 316. The molecule has 1 atom stereocenters. The summed E-state index contributed by atoms with van der Waals surface area (Å²) in [6, 6.07) is 3.72. The topological polar surface area (TPSA) is 59.7 Å². The Kier molecular flexibility index (Phi) is 4.37. The molecular weight excluding hydrogens is 196 g/mol. The molecule has 0 aliphatic rings. The lowest BCUT2D eigenvalue weighted by Crippen LogP contribution is -2.09. The monoisotopic (exact) mass is 212 g/mol. The van der Waals surface area contributed by atoms with Crippen molar-refractivity contribution < 1.29 is 19.1 Å². The highest BCUT2D eigenvalue weighted by molar-refractivity contribution is 5.69. The number of hydrogen-bond donors (Lipinski definition) is 1. The van der Waals surface area contributed by atoms with Gasteiger partial charge >= 0.3 is 5.97 Å². The van der Waals surface area contributed by atoms with E-state index in [4.69, 9.17) is 14.3 Å². The van der Waals surface area contributed by atoms with Crippen LogP contribution in [0.2, 0.25) is 0 Å². The van der Waals surface area contributed by atoms with Gasteiger partial charge in [0.2, 0.25) is 0 Å². The summed E-state index contributed by atoms with van der Waals surface area (Å²) < 4.78 is 10.4. The zero-order chi connectivity index (χ0) is 11.3. The lowest BCUT2D eigenvalue weighted by Gasteiger charge is -2.03. The number of carboxylic acids is 1. The number of carboxylic acid groups (broad SMARTS) is 1. The number of rotatable bonds is 6. The number of aryl methyl sites for hydroxylation is 1. The van der Waals surface area contributed by atoms with Crippen molar-refractivity contribution in [1.29, 1.82) is 0 Å². The van der Waals surface area contributed by atoms with Gasteiger partial charge in [0.1, 0.15) is 18.1 Å². The molecular formula is C11H16O4. The normalized spacial score (nSPS) is 12.7. The van der Waals surface area contributed by atoms with Crippen LogP contribution in [0.5, 0.6) is 0 Å². The standard InChI is InChI=1S/C11H16O4/c1-8(11(12)13)3-4-9-5-6-10(15-9)7-14-2/h5-6,8H,3-4,7H2,1-2H3,(H,12,13). The summed E-state index contributed by atoms with van der Waals surface area (Å²) in [6.45, 7) is 2.15. The molecule has 1 unspecified atom stereocenters. The Hall–Kier alpha value is -1.29. The first-order valence-corrected chi connectivity index (χ1v) is 4.92. The van der Waals surface area contributed by atoms with Gasteiger partial charge in [-0.15, -0.1) is 0 Å². The highest BCUT2D eigenvalue weighted by Crippen LogP contribution is 2.13. The maximum Gasteiger partial charge on any atom is 0.306 e. The smallest absolute Gasteiger partial charge is 0.306 e. The quantitative estimate of drug-likeness (QED) is 0.784. The fourth-order valence-corrected chi connectivity index (χ4v) is 1.26. The molecule has 0 radical (unpaired) electrons. The molecule has 0 spiro atoms. The molecule has 1 aromatic rings. The second-order valence-corrected chi connectivity index (χ2v) is 3.58.